The highest BCUT2D eigenvalue weighted by Crippen LogP contribution is 2.23. The molecule has 17 heavy (non-hydrogen) atoms. The molecule has 0 radical (unpaired) electrons. The standard InChI is InChI=1S/C12H16BrNO3/c1-3-16-12(15)8(2)17-10-4-5-11(13)9(6-10)7-14/h4-6,8H,3,7,14H2,1-2H3. The molecule has 2 N–H and O–H groups in total. The number of hydrogen-bond donors (Lipinski definition) is 1. The monoisotopic (exact) mass is 301 g/mol. The average Bonchev–Trinajstić information content (AvgIpc) is 2.31. The van der Waals surface area contributed by atoms with Gasteiger partial charge in [0.2, 0.25) is 0 Å². The zero-order valence-electron chi connectivity index (χ0n) is 9.90. The Bertz CT molecular complexity index is 395. The van der Waals surface area contributed by atoms with Crippen molar-refractivity contribution in [3.63, 3.8) is 0 Å². The Morgan fingerprint density at radius 1 is 1.53 bits per heavy atom. The predicted octanol–water partition coefficient (Wildman–Crippen LogP) is 2.24. The average molecular weight is 302 g/mol. The molecule has 0 fully saturated rings. The van der Waals surface area contributed by atoms with Crippen LogP contribution in [-0.2, 0) is 16.1 Å². The fourth-order valence-electron chi connectivity index (χ4n) is 1.29. The highest BCUT2D eigenvalue weighted by molar-refractivity contribution is 9.10. The SMILES string of the molecule is CCOC(=O)C(C)Oc1ccc(Br)c(CN)c1. The third-order valence-electron chi connectivity index (χ3n) is 2.17. The zero-order valence-corrected chi connectivity index (χ0v) is 11.5. The van der Waals surface area contributed by atoms with Crippen LogP contribution in [0.15, 0.2) is 22.7 Å². The van der Waals surface area contributed by atoms with Gasteiger partial charge in [-0.3, -0.25) is 0 Å². The van der Waals surface area contributed by atoms with Crippen LogP contribution < -0.4 is 10.5 Å². The number of benzene rings is 1. The maximum Gasteiger partial charge on any atom is 0.347 e. The lowest BCUT2D eigenvalue weighted by atomic mass is 10.2. The van der Waals surface area contributed by atoms with Crippen molar-refractivity contribution >= 4 is 21.9 Å². The van der Waals surface area contributed by atoms with Gasteiger partial charge in [0.15, 0.2) is 6.10 Å². The Morgan fingerprint density at radius 2 is 2.24 bits per heavy atom. The van der Waals surface area contributed by atoms with Gasteiger partial charge in [0.25, 0.3) is 0 Å². The number of halogens is 1. The molecule has 0 amide bonds. The minimum absolute atomic E-state index is 0.348. The van der Waals surface area contributed by atoms with Crippen LogP contribution in [0.25, 0.3) is 0 Å². The van der Waals surface area contributed by atoms with E-state index in [1.807, 2.05) is 6.07 Å². The van der Waals surface area contributed by atoms with Crippen molar-refractivity contribution < 1.29 is 14.3 Å². The summed E-state index contributed by atoms with van der Waals surface area (Å²) in [6.07, 6.45) is -0.623. The second-order valence-corrected chi connectivity index (χ2v) is 4.32. The van der Waals surface area contributed by atoms with Gasteiger partial charge in [0, 0.05) is 11.0 Å². The Balaban J connectivity index is 2.71. The molecule has 1 rings (SSSR count). The lowest BCUT2D eigenvalue weighted by molar-refractivity contribution is -0.150. The van der Waals surface area contributed by atoms with Crippen LogP contribution in [0, 0.1) is 0 Å². The molecule has 0 aliphatic heterocycles. The van der Waals surface area contributed by atoms with Crippen molar-refractivity contribution in [3.8, 4) is 5.75 Å². The number of nitrogens with two attached hydrogens (primary N) is 1. The van der Waals surface area contributed by atoms with Gasteiger partial charge in [-0.25, -0.2) is 4.79 Å². The first-order valence-corrected chi connectivity index (χ1v) is 6.19. The van der Waals surface area contributed by atoms with Gasteiger partial charge in [0.05, 0.1) is 6.61 Å². The lowest BCUT2D eigenvalue weighted by Crippen LogP contribution is -2.26. The van der Waals surface area contributed by atoms with Gasteiger partial charge in [0.1, 0.15) is 5.75 Å². The van der Waals surface area contributed by atoms with Crippen LogP contribution in [0.4, 0.5) is 0 Å². The van der Waals surface area contributed by atoms with Crippen molar-refractivity contribution in [3.05, 3.63) is 28.2 Å². The molecule has 0 heterocycles. The maximum absolute atomic E-state index is 11.4. The molecule has 1 aromatic rings. The molecule has 0 aliphatic rings. The van der Waals surface area contributed by atoms with E-state index in [2.05, 4.69) is 15.9 Å². The Kier molecular flexibility index (Phi) is 5.44. The number of carbonyl (C=O) groups is 1. The van der Waals surface area contributed by atoms with Crippen LogP contribution in [0.3, 0.4) is 0 Å². The first-order valence-electron chi connectivity index (χ1n) is 5.40. The normalized spacial score (nSPS) is 12.0. The van der Waals surface area contributed by atoms with Gasteiger partial charge in [-0.1, -0.05) is 15.9 Å². The largest absolute Gasteiger partial charge is 0.479 e. The highest BCUT2D eigenvalue weighted by Gasteiger charge is 2.15. The first kappa shape index (κ1) is 14.0. The number of esters is 1. The summed E-state index contributed by atoms with van der Waals surface area (Å²) in [5.41, 5.74) is 6.51. The molecule has 0 bridgehead atoms. The van der Waals surface area contributed by atoms with E-state index in [4.69, 9.17) is 15.2 Å². The first-order chi connectivity index (χ1) is 8.08. The number of carbonyl (C=O) groups excluding carboxylic acids is 1. The summed E-state index contributed by atoms with van der Waals surface area (Å²) in [5, 5.41) is 0. The molecule has 5 heteroatoms. The minimum atomic E-state index is -0.623. The fourth-order valence-corrected chi connectivity index (χ4v) is 1.70. The predicted molar refractivity (Wildman–Crippen MR) is 68.8 cm³/mol. The molecule has 0 saturated heterocycles. The molecule has 0 spiro atoms. The van der Waals surface area contributed by atoms with Crippen LogP contribution in [0.5, 0.6) is 5.75 Å². The zero-order chi connectivity index (χ0) is 12.8. The van der Waals surface area contributed by atoms with E-state index in [-0.39, 0.29) is 5.97 Å². The molecule has 4 nitrogen and oxygen atoms in total. The van der Waals surface area contributed by atoms with Crippen LogP contribution in [-0.4, -0.2) is 18.7 Å². The molecule has 94 valence electrons. The summed E-state index contributed by atoms with van der Waals surface area (Å²) >= 11 is 3.38. The van der Waals surface area contributed by atoms with E-state index in [0.717, 1.165) is 10.0 Å². The van der Waals surface area contributed by atoms with Gasteiger partial charge in [-0.2, -0.15) is 0 Å². The molecule has 0 aliphatic carbocycles. The smallest absolute Gasteiger partial charge is 0.347 e. The summed E-state index contributed by atoms with van der Waals surface area (Å²) in [7, 11) is 0. The lowest BCUT2D eigenvalue weighted by Gasteiger charge is -2.14. The summed E-state index contributed by atoms with van der Waals surface area (Å²) in [6.45, 7) is 4.17. The second kappa shape index (κ2) is 6.61. The van der Waals surface area contributed by atoms with E-state index in [9.17, 15) is 4.79 Å². The van der Waals surface area contributed by atoms with Gasteiger partial charge < -0.3 is 15.2 Å². The van der Waals surface area contributed by atoms with Crippen LogP contribution >= 0.6 is 15.9 Å². The van der Waals surface area contributed by atoms with Gasteiger partial charge in [-0.05, 0) is 37.6 Å². The van der Waals surface area contributed by atoms with Crippen molar-refractivity contribution in [2.24, 2.45) is 5.73 Å². The van der Waals surface area contributed by atoms with E-state index in [1.54, 1.807) is 26.0 Å². The maximum atomic E-state index is 11.4. The van der Waals surface area contributed by atoms with E-state index < -0.39 is 6.10 Å². The fraction of sp³-hybridized carbons (Fsp3) is 0.417. The van der Waals surface area contributed by atoms with E-state index >= 15 is 0 Å². The molecule has 1 unspecified atom stereocenters. The van der Waals surface area contributed by atoms with E-state index in [1.165, 1.54) is 0 Å². The molecular weight excluding hydrogens is 286 g/mol. The van der Waals surface area contributed by atoms with Gasteiger partial charge >= 0.3 is 5.97 Å². The van der Waals surface area contributed by atoms with Crippen molar-refractivity contribution in [2.75, 3.05) is 6.61 Å². The molecule has 1 atom stereocenters. The van der Waals surface area contributed by atoms with Crippen molar-refractivity contribution in [1.82, 2.24) is 0 Å². The molecule has 0 aromatic heterocycles. The van der Waals surface area contributed by atoms with Crippen LogP contribution in [0.2, 0.25) is 0 Å². The quantitative estimate of drug-likeness (QED) is 0.847. The molecule has 0 saturated carbocycles. The number of rotatable bonds is 5. The Hall–Kier alpha value is -1.07. The van der Waals surface area contributed by atoms with Gasteiger partial charge in [-0.15, -0.1) is 0 Å². The van der Waals surface area contributed by atoms with Crippen molar-refractivity contribution in [2.45, 2.75) is 26.5 Å². The highest BCUT2D eigenvalue weighted by atomic mass is 79.9. The summed E-state index contributed by atoms with van der Waals surface area (Å²) in [4.78, 5) is 11.4. The van der Waals surface area contributed by atoms with E-state index in [0.29, 0.717) is 18.9 Å². The Morgan fingerprint density at radius 3 is 2.82 bits per heavy atom. The third kappa shape index (κ3) is 4.02. The summed E-state index contributed by atoms with van der Waals surface area (Å²) < 4.78 is 11.3. The number of hydrogen-bond acceptors (Lipinski definition) is 4. The molecular formula is C12H16BrNO3. The van der Waals surface area contributed by atoms with Crippen molar-refractivity contribution in [1.29, 1.82) is 0 Å². The third-order valence-corrected chi connectivity index (χ3v) is 2.94. The Labute approximate surface area is 109 Å². The summed E-state index contributed by atoms with van der Waals surface area (Å²) in [5.74, 6) is 0.235. The topological polar surface area (TPSA) is 61.5 Å². The second-order valence-electron chi connectivity index (χ2n) is 3.47. The number of ether oxygens (including phenoxy) is 2. The van der Waals surface area contributed by atoms with Crippen LogP contribution in [0.1, 0.15) is 19.4 Å². The minimum Gasteiger partial charge on any atom is -0.479 e. The molecule has 1 aromatic carbocycles. The summed E-state index contributed by atoms with van der Waals surface area (Å²) in [6, 6.07) is 5.42.